The number of rotatable bonds is 1. The van der Waals surface area contributed by atoms with E-state index in [0.29, 0.717) is 6.54 Å². The maximum absolute atomic E-state index is 10.9. The molecule has 0 atom stereocenters. The molecule has 1 rings (SSSR count). The summed E-state index contributed by atoms with van der Waals surface area (Å²) in [5.74, 6) is 0. The number of nitrogens with two attached hydrogens (primary N) is 1. The van der Waals surface area contributed by atoms with Gasteiger partial charge in [-0.1, -0.05) is 23.7 Å². The van der Waals surface area contributed by atoms with E-state index in [-0.39, 0.29) is 10.5 Å². The fraction of sp³-hybridized carbons (Fsp3) is 0.125. The first kappa shape index (κ1) is 8.24. The number of hydrogen-bond donors (Lipinski definition) is 1. The van der Waals surface area contributed by atoms with Gasteiger partial charge < -0.3 is 5.73 Å². The fourth-order valence-electron chi connectivity index (χ4n) is 0.716. The Balaban J connectivity index is 3.28. The molecule has 0 aliphatic rings. The smallest absolute Gasteiger partial charge is 0.197 e. The fourth-order valence-corrected chi connectivity index (χ4v) is 0.842. The van der Waals surface area contributed by atoms with E-state index in [1.807, 2.05) is 0 Å². The Morgan fingerprint density at radius 2 is 1.91 bits per heavy atom. The molecule has 0 bridgehead atoms. The average Bonchev–Trinajstić information content (AvgIpc) is 2.16. The first-order valence-corrected chi connectivity index (χ1v) is 3.60. The molecule has 0 aromatic heterocycles. The van der Waals surface area contributed by atoms with E-state index >= 15 is 0 Å². The molecule has 2 nitrogen and oxygen atoms in total. The van der Waals surface area contributed by atoms with Crippen LogP contribution in [0.4, 0.5) is 0 Å². The molecular weight excluding hydrogens is 162 g/mol. The van der Waals surface area contributed by atoms with Gasteiger partial charge in [-0.15, -0.1) is 0 Å². The Morgan fingerprint density at radius 1 is 1.27 bits per heavy atom. The van der Waals surface area contributed by atoms with Gasteiger partial charge in [0.05, 0.1) is 5.02 Å². The summed E-state index contributed by atoms with van der Waals surface area (Å²) in [5, 5.41) is 0.227. The lowest BCUT2D eigenvalue weighted by Crippen LogP contribution is -1.94. The van der Waals surface area contributed by atoms with E-state index in [9.17, 15) is 4.79 Å². The lowest BCUT2D eigenvalue weighted by Gasteiger charge is -1.85. The van der Waals surface area contributed by atoms with E-state index in [0.717, 1.165) is 5.56 Å². The highest BCUT2D eigenvalue weighted by molar-refractivity contribution is 6.30. The third-order valence-corrected chi connectivity index (χ3v) is 1.68. The zero-order chi connectivity index (χ0) is 8.27. The van der Waals surface area contributed by atoms with Crippen molar-refractivity contribution in [2.75, 3.05) is 0 Å². The van der Waals surface area contributed by atoms with Crippen molar-refractivity contribution >= 4 is 11.6 Å². The topological polar surface area (TPSA) is 43.1 Å². The van der Waals surface area contributed by atoms with Gasteiger partial charge in [0.25, 0.3) is 0 Å². The Hall–Kier alpha value is -0.860. The molecule has 0 radical (unpaired) electrons. The van der Waals surface area contributed by atoms with Crippen LogP contribution in [0.5, 0.6) is 0 Å². The maximum Gasteiger partial charge on any atom is 0.197 e. The molecule has 0 unspecified atom stereocenters. The van der Waals surface area contributed by atoms with Crippen molar-refractivity contribution in [2.45, 2.75) is 6.54 Å². The van der Waals surface area contributed by atoms with Crippen molar-refractivity contribution in [3.63, 3.8) is 0 Å². The average molecular weight is 170 g/mol. The van der Waals surface area contributed by atoms with Gasteiger partial charge in [0.15, 0.2) is 5.43 Å². The molecule has 0 amide bonds. The van der Waals surface area contributed by atoms with Gasteiger partial charge in [0.2, 0.25) is 0 Å². The van der Waals surface area contributed by atoms with Crippen LogP contribution in [-0.2, 0) is 6.54 Å². The molecule has 58 valence electrons. The molecule has 0 aliphatic carbocycles. The van der Waals surface area contributed by atoms with Crippen molar-refractivity contribution in [3.05, 3.63) is 45.1 Å². The van der Waals surface area contributed by atoms with Gasteiger partial charge in [-0.3, -0.25) is 4.79 Å². The van der Waals surface area contributed by atoms with Gasteiger partial charge in [-0.25, -0.2) is 0 Å². The summed E-state index contributed by atoms with van der Waals surface area (Å²) in [6, 6.07) is 6.40. The minimum absolute atomic E-state index is 0.175. The molecule has 0 saturated heterocycles. The zero-order valence-electron chi connectivity index (χ0n) is 5.88. The third kappa shape index (κ3) is 2.03. The van der Waals surface area contributed by atoms with Crippen LogP contribution in [0.1, 0.15) is 5.56 Å². The molecular formula is C8H8ClNO. The highest BCUT2D eigenvalue weighted by Gasteiger charge is 1.91. The first-order valence-electron chi connectivity index (χ1n) is 3.23. The van der Waals surface area contributed by atoms with Gasteiger partial charge >= 0.3 is 0 Å². The summed E-state index contributed by atoms with van der Waals surface area (Å²) in [7, 11) is 0. The molecule has 1 aromatic rings. The van der Waals surface area contributed by atoms with Gasteiger partial charge in [0, 0.05) is 6.54 Å². The van der Waals surface area contributed by atoms with E-state index in [4.69, 9.17) is 17.3 Å². The van der Waals surface area contributed by atoms with E-state index < -0.39 is 0 Å². The van der Waals surface area contributed by atoms with Crippen molar-refractivity contribution in [2.24, 2.45) is 5.73 Å². The van der Waals surface area contributed by atoms with Crippen LogP contribution in [0.15, 0.2) is 29.1 Å². The highest BCUT2D eigenvalue weighted by Crippen LogP contribution is 2.00. The predicted octanol–water partition coefficient (Wildman–Crippen LogP) is 1.16. The summed E-state index contributed by atoms with van der Waals surface area (Å²) >= 11 is 5.57. The van der Waals surface area contributed by atoms with Crippen molar-refractivity contribution in [3.8, 4) is 0 Å². The molecule has 2 N–H and O–H groups in total. The molecule has 1 aromatic carbocycles. The van der Waals surface area contributed by atoms with Crippen molar-refractivity contribution < 1.29 is 0 Å². The largest absolute Gasteiger partial charge is 0.326 e. The van der Waals surface area contributed by atoms with Gasteiger partial charge in [-0.05, 0) is 17.7 Å². The normalized spacial score (nSPS) is 9.64. The SMILES string of the molecule is NCc1ccc(Cl)c(=O)cc1. The predicted molar refractivity (Wildman–Crippen MR) is 45.6 cm³/mol. The zero-order valence-corrected chi connectivity index (χ0v) is 6.64. The minimum atomic E-state index is -0.175. The van der Waals surface area contributed by atoms with Crippen LogP contribution in [0.2, 0.25) is 5.02 Å². The van der Waals surface area contributed by atoms with Crippen LogP contribution in [0.25, 0.3) is 0 Å². The summed E-state index contributed by atoms with van der Waals surface area (Å²) in [4.78, 5) is 10.9. The number of hydrogen-bond acceptors (Lipinski definition) is 2. The summed E-state index contributed by atoms with van der Waals surface area (Å²) in [5.41, 5.74) is 6.08. The van der Waals surface area contributed by atoms with Crippen LogP contribution >= 0.6 is 11.6 Å². The monoisotopic (exact) mass is 169 g/mol. The van der Waals surface area contributed by atoms with Crippen LogP contribution < -0.4 is 11.2 Å². The van der Waals surface area contributed by atoms with E-state index in [2.05, 4.69) is 0 Å². The quantitative estimate of drug-likeness (QED) is 0.686. The molecule has 0 aliphatic heterocycles. The Morgan fingerprint density at radius 3 is 2.55 bits per heavy atom. The van der Waals surface area contributed by atoms with E-state index in [1.165, 1.54) is 6.07 Å². The first-order chi connectivity index (χ1) is 5.24. The second-order valence-electron chi connectivity index (χ2n) is 2.16. The van der Waals surface area contributed by atoms with Crippen molar-refractivity contribution in [1.29, 1.82) is 0 Å². The number of halogens is 1. The van der Waals surface area contributed by atoms with Crippen LogP contribution in [0, 0.1) is 0 Å². The molecule has 3 heteroatoms. The molecule has 0 spiro atoms. The highest BCUT2D eigenvalue weighted by atomic mass is 35.5. The third-order valence-electron chi connectivity index (χ3n) is 1.36. The molecule has 0 heterocycles. The second-order valence-corrected chi connectivity index (χ2v) is 2.57. The molecule has 11 heavy (non-hydrogen) atoms. The second kappa shape index (κ2) is 3.51. The van der Waals surface area contributed by atoms with Crippen molar-refractivity contribution in [1.82, 2.24) is 0 Å². The van der Waals surface area contributed by atoms with E-state index in [1.54, 1.807) is 18.2 Å². The summed E-state index contributed by atoms with van der Waals surface area (Å²) in [6.07, 6.45) is 0. The minimum Gasteiger partial charge on any atom is -0.326 e. The van der Waals surface area contributed by atoms with Crippen LogP contribution in [-0.4, -0.2) is 0 Å². The molecule has 0 fully saturated rings. The Labute approximate surface area is 69.6 Å². The summed E-state index contributed by atoms with van der Waals surface area (Å²) < 4.78 is 0. The van der Waals surface area contributed by atoms with Gasteiger partial charge in [-0.2, -0.15) is 0 Å². The van der Waals surface area contributed by atoms with Crippen LogP contribution in [0.3, 0.4) is 0 Å². The summed E-state index contributed by atoms with van der Waals surface area (Å²) in [6.45, 7) is 0.421. The maximum atomic E-state index is 10.9. The molecule has 0 saturated carbocycles. The lowest BCUT2D eigenvalue weighted by molar-refractivity contribution is 1.08. The van der Waals surface area contributed by atoms with Gasteiger partial charge in [0.1, 0.15) is 0 Å². The standard InChI is InChI=1S/C8H8ClNO/c9-7-3-1-6(5-10)2-4-8(7)11/h1-4H,5,10H2. The Kier molecular flexibility index (Phi) is 2.63. The lowest BCUT2D eigenvalue weighted by atomic mass is 10.3. The Bertz CT molecular complexity index is 311.